The molecule has 0 saturated heterocycles. The minimum atomic E-state index is -0.217. The number of methoxy groups -OCH3 is 3. The summed E-state index contributed by atoms with van der Waals surface area (Å²) in [6.45, 7) is 2.30. The van der Waals surface area contributed by atoms with Crippen molar-refractivity contribution in [3.05, 3.63) is 52.7 Å². The third-order valence-electron chi connectivity index (χ3n) is 4.16. The van der Waals surface area contributed by atoms with Crippen molar-refractivity contribution in [2.75, 3.05) is 21.3 Å². The average Bonchev–Trinajstić information content (AvgIpc) is 3.39. The Morgan fingerprint density at radius 3 is 2.52 bits per heavy atom. The summed E-state index contributed by atoms with van der Waals surface area (Å²) < 4.78 is 21.3. The Morgan fingerprint density at radius 1 is 1.21 bits per heavy atom. The summed E-state index contributed by atoms with van der Waals surface area (Å²) >= 11 is 1.50. The number of aromatic nitrogens is 1. The van der Waals surface area contributed by atoms with Crippen LogP contribution in [0.25, 0.3) is 16.8 Å². The van der Waals surface area contributed by atoms with Crippen LogP contribution in [0.4, 0.5) is 0 Å². The normalized spacial score (nSPS) is 10.9. The maximum absolute atomic E-state index is 12.2. The summed E-state index contributed by atoms with van der Waals surface area (Å²) in [7, 11) is 4.64. The van der Waals surface area contributed by atoms with Crippen molar-refractivity contribution in [2.24, 2.45) is 0 Å². The molecule has 0 aliphatic carbocycles. The lowest BCUT2D eigenvalue weighted by Crippen LogP contribution is -2.20. The Kier molecular flexibility index (Phi) is 6.56. The van der Waals surface area contributed by atoms with E-state index < -0.39 is 0 Å². The fourth-order valence-corrected chi connectivity index (χ4v) is 3.66. The highest BCUT2D eigenvalue weighted by Crippen LogP contribution is 2.38. The molecule has 0 radical (unpaired) electrons. The number of aryl methyl sites for hydroxylation is 1. The lowest BCUT2D eigenvalue weighted by molar-refractivity contribution is -0.116. The number of thiazole rings is 1. The number of benzene rings is 1. The van der Waals surface area contributed by atoms with Crippen molar-refractivity contribution >= 4 is 23.3 Å². The van der Waals surface area contributed by atoms with Gasteiger partial charge < -0.3 is 23.9 Å². The van der Waals surface area contributed by atoms with E-state index >= 15 is 0 Å². The number of ether oxygens (including phenoxy) is 3. The second-order valence-corrected chi connectivity index (χ2v) is 7.10. The topological polar surface area (TPSA) is 82.8 Å². The number of nitrogens with one attached hydrogen (secondary N) is 1. The lowest BCUT2D eigenvalue weighted by Gasteiger charge is -2.12. The molecule has 7 nitrogen and oxygen atoms in total. The van der Waals surface area contributed by atoms with E-state index in [0.717, 1.165) is 26.9 Å². The van der Waals surface area contributed by atoms with E-state index in [9.17, 15) is 4.79 Å². The zero-order chi connectivity index (χ0) is 20.8. The van der Waals surface area contributed by atoms with E-state index in [1.54, 1.807) is 45.8 Å². The van der Waals surface area contributed by atoms with Crippen molar-refractivity contribution < 1.29 is 23.4 Å². The molecule has 1 amide bonds. The van der Waals surface area contributed by atoms with E-state index in [0.29, 0.717) is 23.8 Å². The maximum atomic E-state index is 12.2. The second-order valence-electron chi connectivity index (χ2n) is 6.01. The van der Waals surface area contributed by atoms with E-state index in [-0.39, 0.29) is 5.91 Å². The van der Waals surface area contributed by atoms with Gasteiger partial charge >= 0.3 is 0 Å². The van der Waals surface area contributed by atoms with E-state index in [1.165, 1.54) is 17.4 Å². The summed E-state index contributed by atoms with van der Waals surface area (Å²) in [4.78, 5) is 17.7. The van der Waals surface area contributed by atoms with Crippen molar-refractivity contribution in [3.8, 4) is 28.0 Å². The zero-order valence-electron chi connectivity index (χ0n) is 16.6. The highest BCUT2D eigenvalue weighted by atomic mass is 32.1. The molecule has 0 atom stereocenters. The van der Waals surface area contributed by atoms with Gasteiger partial charge in [-0.3, -0.25) is 4.79 Å². The monoisotopic (exact) mass is 414 g/mol. The first-order chi connectivity index (χ1) is 14.0. The number of nitrogens with zero attached hydrogens (tertiary/aromatic N) is 1. The molecule has 1 N–H and O–H groups in total. The molecule has 0 aliphatic rings. The average molecular weight is 414 g/mol. The van der Waals surface area contributed by atoms with E-state index in [4.69, 9.17) is 18.6 Å². The van der Waals surface area contributed by atoms with E-state index in [1.807, 2.05) is 19.1 Å². The van der Waals surface area contributed by atoms with Crippen LogP contribution in [0.5, 0.6) is 17.2 Å². The smallest absolute Gasteiger partial charge is 0.244 e. The van der Waals surface area contributed by atoms with Crippen LogP contribution in [0.1, 0.15) is 16.1 Å². The summed E-state index contributed by atoms with van der Waals surface area (Å²) in [5.74, 6) is 2.06. The first-order valence-corrected chi connectivity index (χ1v) is 9.63. The molecule has 0 fully saturated rings. The molecule has 0 spiro atoms. The largest absolute Gasteiger partial charge is 0.493 e. The Labute approximate surface area is 172 Å². The number of furan rings is 1. The molecule has 1 aromatic carbocycles. The van der Waals surface area contributed by atoms with Crippen LogP contribution >= 0.6 is 11.3 Å². The van der Waals surface area contributed by atoms with Crippen molar-refractivity contribution in [1.82, 2.24) is 10.3 Å². The van der Waals surface area contributed by atoms with Gasteiger partial charge in [-0.2, -0.15) is 0 Å². The summed E-state index contributed by atoms with van der Waals surface area (Å²) in [6, 6.07) is 7.23. The Hall–Kier alpha value is -3.26. The molecule has 0 bridgehead atoms. The molecule has 29 heavy (non-hydrogen) atoms. The summed E-state index contributed by atoms with van der Waals surface area (Å²) in [5, 5.41) is 3.67. The fourth-order valence-electron chi connectivity index (χ4n) is 2.69. The van der Waals surface area contributed by atoms with Gasteiger partial charge in [0, 0.05) is 11.0 Å². The Bertz CT molecular complexity index is 983. The number of rotatable bonds is 8. The highest BCUT2D eigenvalue weighted by molar-refractivity contribution is 7.15. The molecular weight excluding hydrogens is 392 g/mol. The molecular formula is C21H22N2O5S. The van der Waals surface area contributed by atoms with Gasteiger partial charge in [0.1, 0.15) is 0 Å². The van der Waals surface area contributed by atoms with Gasteiger partial charge in [0.15, 0.2) is 22.3 Å². The fraction of sp³-hybridized carbons (Fsp3) is 0.238. The Balaban J connectivity index is 1.66. The lowest BCUT2D eigenvalue weighted by atomic mass is 10.1. The summed E-state index contributed by atoms with van der Waals surface area (Å²) in [5.41, 5.74) is 1.62. The SMILES string of the molecule is COc1cc(/C=C/C(=O)NCc2sc(-c3ccco3)nc2C)cc(OC)c1OC. The van der Waals surface area contributed by atoms with E-state index in [2.05, 4.69) is 10.3 Å². The van der Waals surface area contributed by atoms with Gasteiger partial charge in [0.05, 0.1) is 39.8 Å². The van der Waals surface area contributed by atoms with Crippen molar-refractivity contribution in [2.45, 2.75) is 13.5 Å². The molecule has 3 aromatic rings. The molecule has 0 saturated carbocycles. The predicted octanol–water partition coefficient (Wildman–Crippen LogP) is 4.07. The predicted molar refractivity (Wildman–Crippen MR) is 112 cm³/mol. The Morgan fingerprint density at radius 2 is 1.93 bits per heavy atom. The minimum Gasteiger partial charge on any atom is -0.493 e. The number of amides is 1. The highest BCUT2D eigenvalue weighted by Gasteiger charge is 2.13. The number of carbonyl (C=O) groups excluding carboxylic acids is 1. The van der Waals surface area contributed by atoms with Crippen molar-refractivity contribution in [1.29, 1.82) is 0 Å². The molecule has 0 aliphatic heterocycles. The van der Waals surface area contributed by atoms with Gasteiger partial charge in [0.25, 0.3) is 0 Å². The van der Waals surface area contributed by atoms with Gasteiger partial charge in [-0.05, 0) is 42.8 Å². The first-order valence-electron chi connectivity index (χ1n) is 8.81. The summed E-state index contributed by atoms with van der Waals surface area (Å²) in [6.07, 6.45) is 4.76. The van der Waals surface area contributed by atoms with Crippen LogP contribution in [0.3, 0.4) is 0 Å². The van der Waals surface area contributed by atoms with Crippen LogP contribution in [0, 0.1) is 6.92 Å². The third-order valence-corrected chi connectivity index (χ3v) is 5.33. The van der Waals surface area contributed by atoms with Gasteiger partial charge in [-0.25, -0.2) is 4.98 Å². The quantitative estimate of drug-likeness (QED) is 0.560. The number of carbonyl (C=O) groups is 1. The molecule has 2 heterocycles. The zero-order valence-corrected chi connectivity index (χ0v) is 17.5. The molecule has 2 aromatic heterocycles. The standard InChI is InChI=1S/C21H22N2O5S/c1-13-18(29-21(23-13)15-6-5-9-28-15)12-22-19(24)8-7-14-10-16(25-2)20(27-4)17(11-14)26-3/h5-11H,12H2,1-4H3,(H,22,24)/b8-7+. The second kappa shape index (κ2) is 9.29. The number of hydrogen-bond donors (Lipinski definition) is 1. The van der Waals surface area contributed by atoms with Crippen LogP contribution in [-0.4, -0.2) is 32.2 Å². The molecule has 3 rings (SSSR count). The van der Waals surface area contributed by atoms with Gasteiger partial charge in [-0.1, -0.05) is 0 Å². The first kappa shape index (κ1) is 20.5. The minimum absolute atomic E-state index is 0.217. The van der Waals surface area contributed by atoms with Crippen LogP contribution in [-0.2, 0) is 11.3 Å². The van der Waals surface area contributed by atoms with Crippen LogP contribution in [0.15, 0.2) is 41.0 Å². The maximum Gasteiger partial charge on any atom is 0.244 e. The number of hydrogen-bond acceptors (Lipinski definition) is 7. The van der Waals surface area contributed by atoms with Crippen LogP contribution in [0.2, 0.25) is 0 Å². The van der Waals surface area contributed by atoms with Gasteiger partial charge in [0.2, 0.25) is 11.7 Å². The molecule has 8 heteroatoms. The molecule has 0 unspecified atom stereocenters. The van der Waals surface area contributed by atoms with Gasteiger partial charge in [-0.15, -0.1) is 11.3 Å². The van der Waals surface area contributed by atoms with Crippen LogP contribution < -0.4 is 19.5 Å². The third kappa shape index (κ3) is 4.78. The van der Waals surface area contributed by atoms with Crippen molar-refractivity contribution in [3.63, 3.8) is 0 Å². The molecule has 152 valence electrons.